The van der Waals surface area contributed by atoms with Crippen LogP contribution in [0.4, 0.5) is 4.39 Å². The van der Waals surface area contributed by atoms with Crippen molar-refractivity contribution in [2.45, 2.75) is 19.8 Å². The van der Waals surface area contributed by atoms with Crippen LogP contribution in [0.2, 0.25) is 0 Å². The molecule has 0 fully saturated rings. The van der Waals surface area contributed by atoms with E-state index in [9.17, 15) is 9.18 Å². The zero-order valence-electron chi connectivity index (χ0n) is 15.2. The maximum absolute atomic E-state index is 13.8. The predicted octanol–water partition coefficient (Wildman–Crippen LogP) is 3.10. The van der Waals surface area contributed by atoms with Gasteiger partial charge in [0.1, 0.15) is 5.82 Å². The second-order valence-corrected chi connectivity index (χ2v) is 6.68. The Morgan fingerprint density at radius 1 is 1.22 bits per heavy atom. The molecule has 146 valence electrons. The molecule has 3 N–H and O–H groups in total. The van der Waals surface area contributed by atoms with Crippen LogP contribution in [-0.2, 0) is 6.42 Å². The summed E-state index contributed by atoms with van der Waals surface area (Å²) in [7, 11) is 0. The summed E-state index contributed by atoms with van der Waals surface area (Å²) in [5.41, 5.74) is 0.687. The first kappa shape index (κ1) is 21.0. The summed E-state index contributed by atoms with van der Waals surface area (Å²) < 4.78 is 19.6. The van der Waals surface area contributed by atoms with Crippen LogP contribution in [0.25, 0.3) is 0 Å². The van der Waals surface area contributed by atoms with E-state index in [0.717, 1.165) is 17.4 Å². The Hall–Kier alpha value is -2.35. The van der Waals surface area contributed by atoms with E-state index < -0.39 is 0 Å². The molecule has 0 aliphatic carbocycles. The molecule has 0 aliphatic heterocycles. The zero-order chi connectivity index (χ0) is 19.5. The van der Waals surface area contributed by atoms with Gasteiger partial charge in [0.15, 0.2) is 11.7 Å². The summed E-state index contributed by atoms with van der Waals surface area (Å²) in [6.45, 7) is 4.25. The molecule has 8 heteroatoms. The molecule has 1 heterocycles. The van der Waals surface area contributed by atoms with Crippen molar-refractivity contribution in [1.29, 1.82) is 0 Å². The van der Waals surface area contributed by atoms with Gasteiger partial charge in [-0.05, 0) is 49.6 Å². The lowest BCUT2D eigenvalue weighted by Gasteiger charge is -2.11. The number of hydrogen-bond acceptors (Lipinski definition) is 3. The summed E-state index contributed by atoms with van der Waals surface area (Å²) >= 11 is 3.25. The molecule has 0 spiro atoms. The Kier molecular flexibility index (Phi) is 8.83. The second kappa shape index (κ2) is 11.4. The third-order valence-corrected chi connectivity index (χ3v) is 4.17. The summed E-state index contributed by atoms with van der Waals surface area (Å²) in [6, 6.07) is 8.38. The van der Waals surface area contributed by atoms with Gasteiger partial charge in [-0.15, -0.1) is 0 Å². The van der Waals surface area contributed by atoms with Crippen molar-refractivity contribution < 1.29 is 13.6 Å². The average molecular weight is 439 g/mol. The van der Waals surface area contributed by atoms with Gasteiger partial charge in [-0.2, -0.15) is 0 Å². The molecule has 0 aliphatic rings. The predicted molar refractivity (Wildman–Crippen MR) is 107 cm³/mol. The number of nitrogens with zero attached hydrogens (tertiary/aromatic N) is 1. The minimum Gasteiger partial charge on any atom is -0.459 e. The SMILES string of the molecule is CCNC(=NCCCc1ccc(Br)cc1F)NCCNC(=O)c1ccco1. The first-order chi connectivity index (χ1) is 13.1. The summed E-state index contributed by atoms with van der Waals surface area (Å²) in [5.74, 6) is 0.503. The molecule has 2 aromatic rings. The molecule has 2 rings (SSSR count). The molecule has 1 amide bonds. The number of guanidine groups is 1. The molecular weight excluding hydrogens is 415 g/mol. The Morgan fingerprint density at radius 3 is 2.74 bits per heavy atom. The van der Waals surface area contributed by atoms with E-state index in [-0.39, 0.29) is 17.5 Å². The van der Waals surface area contributed by atoms with Crippen LogP contribution < -0.4 is 16.0 Å². The van der Waals surface area contributed by atoms with Gasteiger partial charge in [0.2, 0.25) is 0 Å². The quantitative estimate of drug-likeness (QED) is 0.319. The van der Waals surface area contributed by atoms with Gasteiger partial charge in [-0.1, -0.05) is 22.0 Å². The van der Waals surface area contributed by atoms with Crippen LogP contribution in [0.3, 0.4) is 0 Å². The van der Waals surface area contributed by atoms with E-state index >= 15 is 0 Å². The molecule has 0 atom stereocenters. The van der Waals surface area contributed by atoms with E-state index in [0.29, 0.717) is 37.6 Å². The number of aliphatic imine (C=N–C) groups is 1. The monoisotopic (exact) mass is 438 g/mol. The fourth-order valence-corrected chi connectivity index (χ4v) is 2.71. The molecule has 0 saturated carbocycles. The molecule has 0 bridgehead atoms. The highest BCUT2D eigenvalue weighted by Crippen LogP contribution is 2.16. The van der Waals surface area contributed by atoms with Crippen molar-refractivity contribution in [1.82, 2.24) is 16.0 Å². The number of rotatable bonds is 9. The molecule has 1 aromatic heterocycles. The molecule has 27 heavy (non-hydrogen) atoms. The van der Waals surface area contributed by atoms with Gasteiger partial charge in [0, 0.05) is 30.7 Å². The summed E-state index contributed by atoms with van der Waals surface area (Å²) in [5, 5.41) is 9.05. The largest absolute Gasteiger partial charge is 0.459 e. The van der Waals surface area contributed by atoms with E-state index in [4.69, 9.17) is 4.42 Å². The van der Waals surface area contributed by atoms with Gasteiger partial charge < -0.3 is 20.4 Å². The lowest BCUT2D eigenvalue weighted by Crippen LogP contribution is -2.41. The number of aryl methyl sites for hydroxylation is 1. The van der Waals surface area contributed by atoms with Crippen molar-refractivity contribution in [3.63, 3.8) is 0 Å². The number of benzene rings is 1. The van der Waals surface area contributed by atoms with Crippen molar-refractivity contribution >= 4 is 27.8 Å². The van der Waals surface area contributed by atoms with Crippen LogP contribution >= 0.6 is 15.9 Å². The van der Waals surface area contributed by atoms with Gasteiger partial charge in [0.05, 0.1) is 6.26 Å². The number of hydrogen-bond donors (Lipinski definition) is 3. The Bertz CT molecular complexity index is 750. The maximum Gasteiger partial charge on any atom is 0.287 e. The fourth-order valence-electron chi connectivity index (χ4n) is 2.38. The zero-order valence-corrected chi connectivity index (χ0v) is 16.8. The minimum atomic E-state index is -0.250. The van der Waals surface area contributed by atoms with Crippen molar-refractivity contribution in [2.24, 2.45) is 4.99 Å². The molecule has 0 saturated heterocycles. The highest BCUT2D eigenvalue weighted by Gasteiger charge is 2.07. The highest BCUT2D eigenvalue weighted by molar-refractivity contribution is 9.10. The number of amides is 1. The first-order valence-electron chi connectivity index (χ1n) is 8.88. The third kappa shape index (κ3) is 7.42. The van der Waals surface area contributed by atoms with Crippen LogP contribution in [0, 0.1) is 5.82 Å². The van der Waals surface area contributed by atoms with Gasteiger partial charge in [-0.25, -0.2) is 4.39 Å². The Morgan fingerprint density at radius 2 is 2.04 bits per heavy atom. The average Bonchev–Trinajstić information content (AvgIpc) is 3.18. The number of nitrogens with one attached hydrogen (secondary N) is 3. The molecule has 6 nitrogen and oxygen atoms in total. The second-order valence-electron chi connectivity index (χ2n) is 5.76. The van der Waals surface area contributed by atoms with Crippen molar-refractivity contribution in [2.75, 3.05) is 26.2 Å². The van der Waals surface area contributed by atoms with E-state index in [1.165, 1.54) is 12.3 Å². The van der Waals surface area contributed by atoms with E-state index in [1.807, 2.05) is 13.0 Å². The Balaban J connectivity index is 1.70. The minimum absolute atomic E-state index is 0.203. The molecule has 0 radical (unpaired) electrons. The fraction of sp³-hybridized carbons (Fsp3) is 0.368. The first-order valence-corrected chi connectivity index (χ1v) is 9.67. The number of carbonyl (C=O) groups excluding carboxylic acids is 1. The van der Waals surface area contributed by atoms with Gasteiger partial charge in [-0.3, -0.25) is 9.79 Å². The highest BCUT2D eigenvalue weighted by atomic mass is 79.9. The standard InChI is InChI=1S/C19H24BrFN4O2/c1-2-22-19(25-11-10-23-18(26)17-6-4-12-27-17)24-9-3-5-14-7-8-15(20)13-16(14)21/h4,6-8,12-13H,2-3,5,9-11H2,1H3,(H,23,26)(H2,22,24,25). The van der Waals surface area contributed by atoms with Crippen LogP contribution in [0.1, 0.15) is 29.5 Å². The summed E-state index contributed by atoms with van der Waals surface area (Å²) in [6.07, 6.45) is 2.83. The van der Waals surface area contributed by atoms with Gasteiger partial charge >= 0.3 is 0 Å². The van der Waals surface area contributed by atoms with Crippen molar-refractivity contribution in [3.8, 4) is 0 Å². The number of carbonyl (C=O) groups is 1. The smallest absolute Gasteiger partial charge is 0.287 e. The lowest BCUT2D eigenvalue weighted by molar-refractivity contribution is 0.0926. The van der Waals surface area contributed by atoms with Gasteiger partial charge in [0.25, 0.3) is 5.91 Å². The third-order valence-electron chi connectivity index (χ3n) is 3.68. The van der Waals surface area contributed by atoms with Crippen molar-refractivity contribution in [3.05, 3.63) is 58.2 Å². The lowest BCUT2D eigenvalue weighted by atomic mass is 10.1. The van der Waals surface area contributed by atoms with E-state index in [2.05, 4.69) is 36.9 Å². The van der Waals surface area contributed by atoms with Crippen LogP contribution in [0.15, 0.2) is 50.5 Å². The summed E-state index contributed by atoms with van der Waals surface area (Å²) in [4.78, 5) is 16.2. The topological polar surface area (TPSA) is 78.7 Å². The number of halogens is 2. The van der Waals surface area contributed by atoms with Crippen LogP contribution in [0.5, 0.6) is 0 Å². The Labute approximate surface area is 166 Å². The number of furan rings is 1. The molecule has 0 unspecified atom stereocenters. The molecular formula is C19H24BrFN4O2. The molecule has 1 aromatic carbocycles. The van der Waals surface area contributed by atoms with E-state index in [1.54, 1.807) is 18.2 Å². The normalized spacial score (nSPS) is 11.3. The van der Waals surface area contributed by atoms with Crippen LogP contribution in [-0.4, -0.2) is 38.0 Å². The maximum atomic E-state index is 13.8.